The first kappa shape index (κ1) is 24.4. The number of hydrogen-bond acceptors (Lipinski definition) is 6. The molecule has 0 saturated carbocycles. The van der Waals surface area contributed by atoms with E-state index in [0.717, 1.165) is 6.42 Å². The number of carbonyl (C=O) groups excluding carboxylic acids is 3. The minimum absolute atomic E-state index is 0.0706. The van der Waals surface area contributed by atoms with Crippen LogP contribution in [-0.2, 0) is 4.79 Å². The van der Waals surface area contributed by atoms with Crippen molar-refractivity contribution in [3.63, 3.8) is 0 Å². The number of fused-ring (bicyclic) bond motifs is 1. The Kier molecular flexibility index (Phi) is 7.74. The normalized spacial score (nSPS) is 15.9. The van der Waals surface area contributed by atoms with E-state index in [1.165, 1.54) is 0 Å². The van der Waals surface area contributed by atoms with Crippen molar-refractivity contribution in [2.24, 2.45) is 5.92 Å². The maximum Gasteiger partial charge on any atom is 0.253 e. The van der Waals surface area contributed by atoms with Crippen LogP contribution in [0.15, 0.2) is 42.5 Å². The summed E-state index contributed by atoms with van der Waals surface area (Å²) in [4.78, 5) is 40.8. The number of carbonyl (C=O) groups is 3. The van der Waals surface area contributed by atoms with Crippen LogP contribution in [0.3, 0.4) is 0 Å². The molecule has 0 unspecified atom stereocenters. The number of amides is 3. The molecule has 1 saturated heterocycles. The molecule has 0 aliphatic carbocycles. The van der Waals surface area contributed by atoms with Crippen LogP contribution in [0.1, 0.15) is 46.9 Å². The summed E-state index contributed by atoms with van der Waals surface area (Å²) in [5.41, 5.74) is 0.962. The van der Waals surface area contributed by atoms with E-state index < -0.39 is 6.04 Å². The third-order valence-electron chi connectivity index (χ3n) is 6.37. The summed E-state index contributed by atoms with van der Waals surface area (Å²) in [6, 6.07) is 11.3. The van der Waals surface area contributed by atoms with Gasteiger partial charge in [-0.3, -0.25) is 14.4 Å². The lowest BCUT2D eigenvalue weighted by Gasteiger charge is -2.36. The van der Waals surface area contributed by atoms with Crippen molar-refractivity contribution in [3.8, 4) is 17.2 Å². The second-order valence-corrected chi connectivity index (χ2v) is 8.67. The number of nitrogens with one attached hydrogen (secondary N) is 2. The quantitative estimate of drug-likeness (QED) is 0.600. The molecular formula is C26H31N3O6. The zero-order chi connectivity index (χ0) is 24.8. The summed E-state index contributed by atoms with van der Waals surface area (Å²) in [7, 11) is 1.57. The summed E-state index contributed by atoms with van der Waals surface area (Å²) in [5, 5.41) is 5.83. The van der Waals surface area contributed by atoms with Crippen LogP contribution < -0.4 is 24.8 Å². The molecule has 2 heterocycles. The highest BCUT2D eigenvalue weighted by Gasteiger charge is 2.34. The molecule has 35 heavy (non-hydrogen) atoms. The first-order chi connectivity index (χ1) is 17.0. The second kappa shape index (κ2) is 11.1. The van der Waals surface area contributed by atoms with Crippen molar-refractivity contribution in [2.75, 3.05) is 33.5 Å². The van der Waals surface area contributed by atoms with Crippen molar-refractivity contribution in [1.29, 1.82) is 0 Å². The first-order valence-corrected chi connectivity index (χ1v) is 11.9. The molecule has 3 amide bonds. The zero-order valence-electron chi connectivity index (χ0n) is 20.0. The molecule has 0 radical (unpaired) electrons. The van der Waals surface area contributed by atoms with Crippen molar-refractivity contribution in [3.05, 3.63) is 53.6 Å². The average Bonchev–Trinajstić information content (AvgIpc) is 3.38. The fourth-order valence-electron chi connectivity index (χ4n) is 4.39. The van der Waals surface area contributed by atoms with Gasteiger partial charge in [-0.15, -0.1) is 0 Å². The predicted molar refractivity (Wildman–Crippen MR) is 129 cm³/mol. The Morgan fingerprint density at radius 1 is 1.06 bits per heavy atom. The Morgan fingerprint density at radius 3 is 2.57 bits per heavy atom. The first-order valence-electron chi connectivity index (χ1n) is 11.9. The Bertz CT molecular complexity index is 1080. The highest BCUT2D eigenvalue weighted by atomic mass is 16.7. The monoisotopic (exact) mass is 481 g/mol. The third kappa shape index (κ3) is 5.67. The van der Waals surface area contributed by atoms with Gasteiger partial charge in [0.25, 0.3) is 11.8 Å². The predicted octanol–water partition coefficient (Wildman–Crippen LogP) is 2.60. The Balaban J connectivity index is 1.43. The standard InChI is InChI=1S/C26H31N3O6/c1-3-11-27-25(31)23(28-24(30)18-7-8-21-22(15-18)35-16-34-21)17-9-12-29(13-10-17)26(32)19-5-4-6-20(14-19)33-2/h4-8,14-15,17,23H,3,9-13,16H2,1-2H3,(H,27,31)(H,28,30)/t23-/m0/s1. The maximum atomic E-state index is 13.0. The van der Waals surface area contributed by atoms with Gasteiger partial charge in [0, 0.05) is 30.8 Å². The minimum Gasteiger partial charge on any atom is -0.497 e. The molecule has 0 aromatic heterocycles. The van der Waals surface area contributed by atoms with Gasteiger partial charge in [0.05, 0.1) is 7.11 Å². The van der Waals surface area contributed by atoms with Gasteiger partial charge in [0.15, 0.2) is 11.5 Å². The van der Waals surface area contributed by atoms with E-state index in [9.17, 15) is 14.4 Å². The number of methoxy groups -OCH3 is 1. The molecule has 4 rings (SSSR count). The van der Waals surface area contributed by atoms with Crippen molar-refractivity contribution in [1.82, 2.24) is 15.5 Å². The number of rotatable bonds is 8. The lowest BCUT2D eigenvalue weighted by atomic mass is 9.88. The largest absolute Gasteiger partial charge is 0.497 e. The maximum absolute atomic E-state index is 13.0. The summed E-state index contributed by atoms with van der Waals surface area (Å²) in [6.45, 7) is 3.62. The molecule has 2 aromatic rings. The van der Waals surface area contributed by atoms with E-state index in [-0.39, 0.29) is 30.4 Å². The minimum atomic E-state index is -0.700. The van der Waals surface area contributed by atoms with E-state index >= 15 is 0 Å². The van der Waals surface area contributed by atoms with Crippen LogP contribution in [-0.4, -0.2) is 62.2 Å². The van der Waals surface area contributed by atoms with Gasteiger partial charge in [0.1, 0.15) is 11.8 Å². The molecule has 9 heteroatoms. The van der Waals surface area contributed by atoms with E-state index in [1.54, 1.807) is 54.5 Å². The number of likely N-dealkylation sites (tertiary alicyclic amines) is 1. The molecule has 2 aromatic carbocycles. The van der Waals surface area contributed by atoms with Gasteiger partial charge < -0.3 is 29.7 Å². The lowest BCUT2D eigenvalue weighted by molar-refractivity contribution is -0.124. The van der Waals surface area contributed by atoms with E-state index in [2.05, 4.69) is 10.6 Å². The number of benzene rings is 2. The Morgan fingerprint density at radius 2 is 1.83 bits per heavy atom. The SMILES string of the molecule is CCCNC(=O)[C@@H](NC(=O)c1ccc2c(c1)OCO2)C1CCN(C(=O)c2cccc(OC)c2)CC1. The summed E-state index contributed by atoms with van der Waals surface area (Å²) in [5.74, 6) is 0.997. The van der Waals surface area contributed by atoms with Gasteiger partial charge in [-0.2, -0.15) is 0 Å². The molecule has 186 valence electrons. The van der Waals surface area contributed by atoms with Crippen LogP contribution in [0.5, 0.6) is 17.2 Å². The third-order valence-corrected chi connectivity index (χ3v) is 6.37. The highest BCUT2D eigenvalue weighted by Crippen LogP contribution is 2.32. The number of ether oxygens (including phenoxy) is 3. The molecule has 1 fully saturated rings. The Hall–Kier alpha value is -3.75. The zero-order valence-corrected chi connectivity index (χ0v) is 20.0. The van der Waals surface area contributed by atoms with Crippen LogP contribution in [0.25, 0.3) is 0 Å². The van der Waals surface area contributed by atoms with Gasteiger partial charge >= 0.3 is 0 Å². The topological polar surface area (TPSA) is 106 Å². The fraction of sp³-hybridized carbons (Fsp3) is 0.423. The summed E-state index contributed by atoms with van der Waals surface area (Å²) >= 11 is 0. The molecule has 2 aliphatic heterocycles. The van der Waals surface area contributed by atoms with Crippen molar-refractivity contribution in [2.45, 2.75) is 32.2 Å². The molecule has 1 atom stereocenters. The number of piperidine rings is 1. The summed E-state index contributed by atoms with van der Waals surface area (Å²) in [6.07, 6.45) is 1.99. The smallest absolute Gasteiger partial charge is 0.253 e. The van der Waals surface area contributed by atoms with Crippen LogP contribution in [0.2, 0.25) is 0 Å². The molecule has 0 bridgehead atoms. The summed E-state index contributed by atoms with van der Waals surface area (Å²) < 4.78 is 15.9. The molecule has 0 spiro atoms. The molecular weight excluding hydrogens is 450 g/mol. The van der Waals surface area contributed by atoms with Crippen molar-refractivity contribution >= 4 is 17.7 Å². The van der Waals surface area contributed by atoms with Crippen molar-refractivity contribution < 1.29 is 28.6 Å². The number of nitrogens with zero attached hydrogens (tertiary/aromatic N) is 1. The highest BCUT2D eigenvalue weighted by molar-refractivity contribution is 5.98. The Labute approximate surface area is 204 Å². The fourth-order valence-corrected chi connectivity index (χ4v) is 4.39. The van der Waals surface area contributed by atoms with Gasteiger partial charge in [0.2, 0.25) is 12.7 Å². The van der Waals surface area contributed by atoms with Gasteiger partial charge in [-0.05, 0) is 61.6 Å². The molecule has 9 nitrogen and oxygen atoms in total. The van der Waals surface area contributed by atoms with Crippen LogP contribution in [0, 0.1) is 5.92 Å². The van der Waals surface area contributed by atoms with Gasteiger partial charge in [-0.1, -0.05) is 13.0 Å². The van der Waals surface area contributed by atoms with E-state index in [0.29, 0.717) is 60.9 Å². The molecule has 2 aliphatic rings. The second-order valence-electron chi connectivity index (χ2n) is 8.67. The van der Waals surface area contributed by atoms with E-state index in [4.69, 9.17) is 14.2 Å². The number of hydrogen-bond donors (Lipinski definition) is 2. The van der Waals surface area contributed by atoms with Crippen LogP contribution in [0.4, 0.5) is 0 Å². The van der Waals surface area contributed by atoms with Crippen LogP contribution >= 0.6 is 0 Å². The van der Waals surface area contributed by atoms with E-state index in [1.807, 2.05) is 6.92 Å². The average molecular weight is 482 g/mol. The molecule has 2 N–H and O–H groups in total. The lowest BCUT2D eigenvalue weighted by Crippen LogP contribution is -2.54. The van der Waals surface area contributed by atoms with Gasteiger partial charge in [-0.25, -0.2) is 0 Å².